The number of nitrogens with zero attached hydrogens (tertiary/aromatic N) is 1. The van der Waals surface area contributed by atoms with Crippen LogP contribution in [0.3, 0.4) is 0 Å². The molecule has 1 fully saturated rings. The molecule has 0 amide bonds. The largest absolute Gasteiger partial charge is 0.390 e. The van der Waals surface area contributed by atoms with Crippen LogP contribution in [0.5, 0.6) is 0 Å². The van der Waals surface area contributed by atoms with Gasteiger partial charge in [0.05, 0.1) is 17.2 Å². The van der Waals surface area contributed by atoms with Gasteiger partial charge in [-0.1, -0.05) is 30.3 Å². The molecule has 4 nitrogen and oxygen atoms in total. The van der Waals surface area contributed by atoms with E-state index in [1.165, 1.54) is 11.1 Å². The zero-order valence-electron chi connectivity index (χ0n) is 14.3. The summed E-state index contributed by atoms with van der Waals surface area (Å²) in [7, 11) is 0. The van der Waals surface area contributed by atoms with Crippen molar-refractivity contribution >= 4 is 11.8 Å². The van der Waals surface area contributed by atoms with E-state index in [4.69, 9.17) is 0 Å². The average molecular weight is 356 g/mol. The minimum atomic E-state index is -0.355. The van der Waals surface area contributed by atoms with E-state index in [0.29, 0.717) is 0 Å². The first-order valence-electron chi connectivity index (χ1n) is 9.07. The van der Waals surface area contributed by atoms with Gasteiger partial charge in [0, 0.05) is 23.9 Å². The van der Waals surface area contributed by atoms with E-state index < -0.39 is 0 Å². The number of thioether (sulfide) groups is 1. The van der Waals surface area contributed by atoms with E-state index in [1.54, 1.807) is 11.8 Å². The molecular formula is C20H25N3OS. The minimum absolute atomic E-state index is 0.0265. The Bertz CT molecular complexity index is 703. The van der Waals surface area contributed by atoms with E-state index in [1.807, 2.05) is 24.4 Å². The monoisotopic (exact) mass is 355 g/mol. The normalized spacial score (nSPS) is 24.4. The van der Waals surface area contributed by atoms with Crippen molar-refractivity contribution < 1.29 is 5.11 Å². The van der Waals surface area contributed by atoms with E-state index in [2.05, 4.69) is 39.9 Å². The van der Waals surface area contributed by atoms with Crippen molar-refractivity contribution in [2.45, 2.75) is 35.4 Å². The van der Waals surface area contributed by atoms with Crippen LogP contribution in [0.2, 0.25) is 0 Å². The highest BCUT2D eigenvalue weighted by Crippen LogP contribution is 2.49. The van der Waals surface area contributed by atoms with Crippen molar-refractivity contribution in [1.82, 2.24) is 15.6 Å². The summed E-state index contributed by atoms with van der Waals surface area (Å²) >= 11 is 1.75. The highest BCUT2D eigenvalue weighted by Gasteiger charge is 2.51. The van der Waals surface area contributed by atoms with Crippen molar-refractivity contribution in [2.24, 2.45) is 0 Å². The van der Waals surface area contributed by atoms with Gasteiger partial charge in [-0.2, -0.15) is 0 Å². The Morgan fingerprint density at radius 2 is 1.96 bits per heavy atom. The number of pyridine rings is 1. The van der Waals surface area contributed by atoms with Crippen LogP contribution in [0.25, 0.3) is 0 Å². The topological polar surface area (TPSA) is 57.2 Å². The third kappa shape index (κ3) is 3.22. The maximum Gasteiger partial charge on any atom is 0.0960 e. The summed E-state index contributed by atoms with van der Waals surface area (Å²) in [5, 5.41) is 19.3. The maximum atomic E-state index is 11.2. The number of rotatable bonds is 5. The maximum absolute atomic E-state index is 11.2. The van der Waals surface area contributed by atoms with Crippen LogP contribution in [0.1, 0.15) is 30.0 Å². The lowest BCUT2D eigenvalue weighted by Crippen LogP contribution is -2.48. The summed E-state index contributed by atoms with van der Waals surface area (Å²) in [4.78, 5) is 4.35. The number of aromatic nitrogens is 1. The Labute approximate surface area is 153 Å². The number of benzene rings is 1. The number of aliphatic hydroxyl groups excluding tert-OH is 1. The van der Waals surface area contributed by atoms with Gasteiger partial charge in [0.2, 0.25) is 0 Å². The smallest absolute Gasteiger partial charge is 0.0960 e. The molecule has 0 bridgehead atoms. The fraction of sp³-hybridized carbons (Fsp3) is 0.450. The van der Waals surface area contributed by atoms with Crippen LogP contribution < -0.4 is 10.6 Å². The molecule has 3 N–H and O–H groups in total. The fourth-order valence-electron chi connectivity index (χ4n) is 4.33. The van der Waals surface area contributed by atoms with Gasteiger partial charge in [-0.25, -0.2) is 4.98 Å². The Morgan fingerprint density at radius 3 is 2.76 bits per heavy atom. The molecule has 5 heteroatoms. The Morgan fingerprint density at radius 1 is 1.16 bits per heavy atom. The molecule has 0 unspecified atom stereocenters. The zero-order valence-corrected chi connectivity index (χ0v) is 15.1. The SMILES string of the molecule is O[C@H]1[C@H](NCCSc2ccccn2)c2ccccc2C12CCNCC2. The van der Waals surface area contributed by atoms with Crippen LogP contribution in [0.4, 0.5) is 0 Å². The third-order valence-electron chi connectivity index (χ3n) is 5.56. The van der Waals surface area contributed by atoms with Crippen LogP contribution >= 0.6 is 11.8 Å². The summed E-state index contributed by atoms with van der Waals surface area (Å²) in [6.45, 7) is 2.81. The molecule has 1 saturated heterocycles. The molecule has 1 aliphatic heterocycles. The van der Waals surface area contributed by atoms with Crippen molar-refractivity contribution in [1.29, 1.82) is 0 Å². The third-order valence-corrected chi connectivity index (χ3v) is 6.51. The molecule has 1 spiro atoms. The molecule has 1 aliphatic carbocycles. The summed E-state index contributed by atoms with van der Waals surface area (Å²) in [6.07, 6.45) is 3.48. The standard InChI is InChI=1S/C20H25N3OS/c24-19-18(23-13-14-25-17-7-3-4-10-22-17)15-5-1-2-6-16(15)20(19)8-11-21-12-9-20/h1-7,10,18-19,21,23-24H,8-9,11-14H2/t18-,19+/m1/s1. The van der Waals surface area contributed by atoms with E-state index in [9.17, 15) is 5.11 Å². The predicted octanol–water partition coefficient (Wildman–Crippen LogP) is 2.50. The van der Waals surface area contributed by atoms with Crippen LogP contribution in [0.15, 0.2) is 53.7 Å². The van der Waals surface area contributed by atoms with Gasteiger partial charge in [-0.15, -0.1) is 11.8 Å². The molecule has 2 heterocycles. The Balaban J connectivity index is 1.45. The molecule has 2 aromatic rings. The van der Waals surface area contributed by atoms with Crippen molar-refractivity contribution in [3.63, 3.8) is 0 Å². The van der Waals surface area contributed by atoms with Gasteiger partial charge in [-0.3, -0.25) is 0 Å². The molecule has 1 aromatic carbocycles. The van der Waals surface area contributed by atoms with Crippen molar-refractivity contribution in [3.05, 3.63) is 59.8 Å². The first kappa shape index (κ1) is 17.0. The molecule has 25 heavy (non-hydrogen) atoms. The Hall–Kier alpha value is -1.40. The lowest BCUT2D eigenvalue weighted by molar-refractivity contribution is 0.0450. The molecule has 2 aliphatic rings. The minimum Gasteiger partial charge on any atom is -0.390 e. The summed E-state index contributed by atoms with van der Waals surface area (Å²) in [5.74, 6) is 0.941. The molecule has 0 radical (unpaired) electrons. The van der Waals surface area contributed by atoms with Crippen LogP contribution in [0, 0.1) is 0 Å². The van der Waals surface area contributed by atoms with Gasteiger partial charge in [0.25, 0.3) is 0 Å². The number of hydrogen-bond acceptors (Lipinski definition) is 5. The number of nitrogens with one attached hydrogen (secondary N) is 2. The molecule has 4 rings (SSSR count). The lowest BCUT2D eigenvalue weighted by Gasteiger charge is -2.39. The van der Waals surface area contributed by atoms with Gasteiger partial charge in [0.1, 0.15) is 0 Å². The number of hydrogen-bond donors (Lipinski definition) is 3. The van der Waals surface area contributed by atoms with Gasteiger partial charge < -0.3 is 15.7 Å². The summed E-state index contributed by atoms with van der Waals surface area (Å²) in [5.41, 5.74) is 2.53. The fourth-order valence-corrected chi connectivity index (χ4v) is 5.07. The van der Waals surface area contributed by atoms with Gasteiger partial charge >= 0.3 is 0 Å². The number of aliphatic hydroxyl groups is 1. The number of piperidine rings is 1. The van der Waals surface area contributed by atoms with Gasteiger partial charge in [0.15, 0.2) is 0 Å². The van der Waals surface area contributed by atoms with Crippen LogP contribution in [-0.4, -0.2) is 41.6 Å². The highest BCUT2D eigenvalue weighted by atomic mass is 32.2. The predicted molar refractivity (Wildman–Crippen MR) is 102 cm³/mol. The second-order valence-electron chi connectivity index (χ2n) is 6.89. The van der Waals surface area contributed by atoms with Crippen LogP contribution in [-0.2, 0) is 5.41 Å². The van der Waals surface area contributed by atoms with E-state index in [-0.39, 0.29) is 17.6 Å². The molecule has 132 valence electrons. The van der Waals surface area contributed by atoms with Crippen molar-refractivity contribution in [2.75, 3.05) is 25.4 Å². The molecule has 2 atom stereocenters. The van der Waals surface area contributed by atoms with E-state index in [0.717, 1.165) is 43.3 Å². The summed E-state index contributed by atoms with van der Waals surface area (Å²) in [6, 6.07) is 14.6. The molecular weight excluding hydrogens is 330 g/mol. The lowest BCUT2D eigenvalue weighted by atomic mass is 9.72. The first-order valence-corrected chi connectivity index (χ1v) is 10.1. The van der Waals surface area contributed by atoms with Crippen molar-refractivity contribution in [3.8, 4) is 0 Å². The van der Waals surface area contributed by atoms with Gasteiger partial charge in [-0.05, 0) is 49.2 Å². The zero-order chi connectivity index (χ0) is 17.1. The second-order valence-corrected chi connectivity index (χ2v) is 8.00. The quantitative estimate of drug-likeness (QED) is 0.568. The Kier molecular flexibility index (Phi) is 5.08. The summed E-state index contributed by atoms with van der Waals surface area (Å²) < 4.78 is 0. The molecule has 0 saturated carbocycles. The highest BCUT2D eigenvalue weighted by molar-refractivity contribution is 7.99. The number of fused-ring (bicyclic) bond motifs is 2. The second kappa shape index (κ2) is 7.46. The first-order chi connectivity index (χ1) is 12.3. The average Bonchev–Trinajstić information content (AvgIpc) is 2.89. The van der Waals surface area contributed by atoms with E-state index >= 15 is 0 Å². The molecule has 1 aromatic heterocycles.